The van der Waals surface area contributed by atoms with E-state index >= 15 is 0 Å². The highest BCUT2D eigenvalue weighted by Gasteiger charge is 2.31. The molecule has 188 valence electrons. The van der Waals surface area contributed by atoms with Gasteiger partial charge >= 0.3 is 0 Å². The number of nitrogens with one attached hydrogen (secondary N) is 1. The molecule has 1 unspecified atom stereocenters. The van der Waals surface area contributed by atoms with Crippen LogP contribution in [0.25, 0.3) is 10.8 Å². The van der Waals surface area contributed by atoms with Crippen molar-refractivity contribution in [3.05, 3.63) is 71.2 Å². The first-order valence-corrected chi connectivity index (χ1v) is 13.7. The first kappa shape index (κ1) is 23.6. The molecule has 6 rings (SSSR count). The topological polar surface area (TPSA) is 44.8 Å². The molecule has 1 saturated carbocycles. The molecule has 6 heteroatoms. The molecular weight excluding hydrogens is 470 g/mol. The monoisotopic (exact) mass is 503 g/mol. The van der Waals surface area contributed by atoms with Gasteiger partial charge in [-0.2, -0.15) is 0 Å². The molecule has 2 saturated heterocycles. The third-order valence-corrected chi connectivity index (χ3v) is 8.02. The van der Waals surface area contributed by atoms with Crippen molar-refractivity contribution >= 4 is 34.0 Å². The van der Waals surface area contributed by atoms with Gasteiger partial charge in [0.05, 0.1) is 17.0 Å². The highest BCUT2D eigenvalue weighted by Crippen LogP contribution is 2.33. The maximum atomic E-state index is 13.4. The van der Waals surface area contributed by atoms with Gasteiger partial charge in [0.15, 0.2) is 0 Å². The van der Waals surface area contributed by atoms with Crippen molar-refractivity contribution in [2.24, 2.45) is 5.92 Å². The zero-order valence-electron chi connectivity index (χ0n) is 20.7. The predicted octanol–water partition coefficient (Wildman–Crippen LogP) is 5.29. The minimum Gasteiger partial charge on any atom is -0.489 e. The van der Waals surface area contributed by atoms with Crippen molar-refractivity contribution < 1.29 is 9.53 Å². The Bertz CT molecular complexity index is 1240. The SMILES string of the molecule is O=C(NC(Cc1ccc(OC2CC2)c(Cl)c1)CN1CCC1)[C@@H]1CCN(c2ccc3ccccc3c2)C1. The van der Waals surface area contributed by atoms with Crippen LogP contribution in [0.3, 0.4) is 0 Å². The Hall–Kier alpha value is -2.76. The van der Waals surface area contributed by atoms with Crippen molar-refractivity contribution in [3.8, 4) is 5.75 Å². The van der Waals surface area contributed by atoms with Crippen LogP contribution in [0.1, 0.15) is 31.2 Å². The number of nitrogens with zero attached hydrogens (tertiary/aromatic N) is 2. The van der Waals surface area contributed by atoms with Crippen LogP contribution in [0.2, 0.25) is 5.02 Å². The number of benzene rings is 3. The molecule has 0 spiro atoms. The van der Waals surface area contributed by atoms with Gasteiger partial charge in [-0.3, -0.25) is 4.79 Å². The quantitative estimate of drug-likeness (QED) is 0.430. The first-order chi connectivity index (χ1) is 17.6. The molecule has 0 bridgehead atoms. The third kappa shape index (κ3) is 5.47. The molecule has 1 N–H and O–H groups in total. The molecular formula is C30H34ClN3O2. The van der Waals surface area contributed by atoms with Crippen LogP contribution in [0.15, 0.2) is 60.7 Å². The Morgan fingerprint density at radius 3 is 2.58 bits per heavy atom. The molecule has 3 aliphatic rings. The number of carbonyl (C=O) groups is 1. The van der Waals surface area contributed by atoms with Crippen LogP contribution in [-0.2, 0) is 11.2 Å². The lowest BCUT2D eigenvalue weighted by Gasteiger charge is -2.35. The summed E-state index contributed by atoms with van der Waals surface area (Å²) in [5.41, 5.74) is 2.34. The molecule has 1 amide bonds. The van der Waals surface area contributed by atoms with E-state index in [0.29, 0.717) is 11.1 Å². The first-order valence-electron chi connectivity index (χ1n) is 13.3. The summed E-state index contributed by atoms with van der Waals surface area (Å²) < 4.78 is 5.89. The molecule has 0 radical (unpaired) electrons. The van der Waals surface area contributed by atoms with Gasteiger partial charge in [0.25, 0.3) is 0 Å². The highest BCUT2D eigenvalue weighted by atomic mass is 35.5. The van der Waals surface area contributed by atoms with Gasteiger partial charge in [-0.15, -0.1) is 0 Å². The number of fused-ring (bicyclic) bond motifs is 1. The Morgan fingerprint density at radius 2 is 1.83 bits per heavy atom. The molecule has 2 atom stereocenters. The number of amides is 1. The van der Waals surface area contributed by atoms with Crippen LogP contribution in [-0.4, -0.2) is 55.7 Å². The Morgan fingerprint density at radius 1 is 1.00 bits per heavy atom. The van der Waals surface area contributed by atoms with E-state index in [4.69, 9.17) is 16.3 Å². The van der Waals surface area contributed by atoms with Crippen molar-refractivity contribution in [3.63, 3.8) is 0 Å². The van der Waals surface area contributed by atoms with E-state index in [9.17, 15) is 4.79 Å². The number of anilines is 1. The van der Waals surface area contributed by atoms with Crippen molar-refractivity contribution in [1.82, 2.24) is 10.2 Å². The van der Waals surface area contributed by atoms with E-state index in [1.807, 2.05) is 12.1 Å². The summed E-state index contributed by atoms with van der Waals surface area (Å²) in [7, 11) is 0. The molecule has 3 fully saturated rings. The van der Waals surface area contributed by atoms with Gasteiger partial charge in [0.2, 0.25) is 5.91 Å². The Balaban J connectivity index is 1.10. The average Bonchev–Trinajstić information content (AvgIpc) is 3.54. The molecule has 2 aliphatic heterocycles. The number of carbonyl (C=O) groups excluding carboxylic acids is 1. The second-order valence-corrected chi connectivity index (χ2v) is 11.0. The summed E-state index contributed by atoms with van der Waals surface area (Å²) in [5, 5.41) is 6.55. The fraction of sp³-hybridized carbons (Fsp3) is 0.433. The van der Waals surface area contributed by atoms with Crippen LogP contribution in [0, 0.1) is 5.92 Å². The second kappa shape index (κ2) is 10.3. The van der Waals surface area contributed by atoms with Crippen molar-refractivity contribution in [2.75, 3.05) is 37.6 Å². The standard InChI is InChI=1S/C30H34ClN3O2/c31-28-17-21(6-11-29(28)36-27-9-10-27)16-25(20-33-13-3-14-33)32-30(35)24-12-15-34(19-24)26-8-7-22-4-1-2-5-23(22)18-26/h1-2,4-8,11,17-18,24-25,27H,3,9-10,12-16,19-20H2,(H,32,35)/t24-,25?/m1/s1. The molecule has 0 aromatic heterocycles. The number of hydrogen-bond acceptors (Lipinski definition) is 4. The zero-order chi connectivity index (χ0) is 24.5. The molecule has 36 heavy (non-hydrogen) atoms. The third-order valence-electron chi connectivity index (χ3n) is 7.73. The highest BCUT2D eigenvalue weighted by molar-refractivity contribution is 6.32. The van der Waals surface area contributed by atoms with E-state index in [1.54, 1.807) is 0 Å². The van der Waals surface area contributed by atoms with E-state index in [2.05, 4.69) is 63.6 Å². The second-order valence-electron chi connectivity index (χ2n) is 10.6. The summed E-state index contributed by atoms with van der Waals surface area (Å²) in [6.07, 6.45) is 5.44. The number of ether oxygens (including phenoxy) is 1. The van der Waals surface area contributed by atoms with Gasteiger partial charge in [-0.1, -0.05) is 48.0 Å². The summed E-state index contributed by atoms with van der Waals surface area (Å²) in [6, 6.07) is 21.2. The minimum absolute atomic E-state index is 0.00765. The van der Waals surface area contributed by atoms with E-state index in [-0.39, 0.29) is 17.9 Å². The normalized spacial score (nSPS) is 20.8. The predicted molar refractivity (Wildman–Crippen MR) is 146 cm³/mol. The minimum atomic E-state index is 0.00765. The van der Waals surface area contributed by atoms with Gasteiger partial charge in [0, 0.05) is 31.4 Å². The van der Waals surface area contributed by atoms with Gasteiger partial charge < -0.3 is 19.9 Å². The Labute approximate surface area is 218 Å². The molecule has 1 aliphatic carbocycles. The number of rotatable bonds is 9. The van der Waals surface area contributed by atoms with Gasteiger partial charge in [-0.25, -0.2) is 0 Å². The largest absolute Gasteiger partial charge is 0.489 e. The van der Waals surface area contributed by atoms with E-state index in [0.717, 1.165) is 69.7 Å². The molecule has 3 aromatic rings. The van der Waals surface area contributed by atoms with E-state index in [1.165, 1.54) is 22.9 Å². The van der Waals surface area contributed by atoms with Crippen LogP contribution < -0.4 is 15.0 Å². The number of likely N-dealkylation sites (tertiary alicyclic amines) is 1. The summed E-state index contributed by atoms with van der Waals surface area (Å²) in [6.45, 7) is 4.77. The molecule has 2 heterocycles. The summed E-state index contributed by atoms with van der Waals surface area (Å²) in [5.74, 6) is 0.947. The summed E-state index contributed by atoms with van der Waals surface area (Å²) in [4.78, 5) is 18.1. The fourth-order valence-electron chi connectivity index (χ4n) is 5.36. The van der Waals surface area contributed by atoms with Crippen LogP contribution in [0.4, 0.5) is 5.69 Å². The van der Waals surface area contributed by atoms with Crippen LogP contribution in [0.5, 0.6) is 5.75 Å². The lowest BCUT2D eigenvalue weighted by atomic mass is 10.0. The lowest BCUT2D eigenvalue weighted by Crippen LogP contribution is -2.50. The van der Waals surface area contributed by atoms with E-state index < -0.39 is 0 Å². The fourth-order valence-corrected chi connectivity index (χ4v) is 5.60. The number of hydrogen-bond donors (Lipinski definition) is 1. The molecule has 3 aromatic carbocycles. The lowest BCUT2D eigenvalue weighted by molar-refractivity contribution is -0.125. The maximum Gasteiger partial charge on any atom is 0.225 e. The van der Waals surface area contributed by atoms with Crippen molar-refractivity contribution in [1.29, 1.82) is 0 Å². The van der Waals surface area contributed by atoms with Crippen molar-refractivity contribution in [2.45, 2.75) is 44.2 Å². The number of halogens is 1. The smallest absolute Gasteiger partial charge is 0.225 e. The van der Waals surface area contributed by atoms with Crippen LogP contribution >= 0.6 is 11.6 Å². The zero-order valence-corrected chi connectivity index (χ0v) is 21.4. The summed E-state index contributed by atoms with van der Waals surface area (Å²) >= 11 is 6.52. The Kier molecular flexibility index (Phi) is 6.77. The van der Waals surface area contributed by atoms with Gasteiger partial charge in [0.1, 0.15) is 5.75 Å². The maximum absolute atomic E-state index is 13.4. The molecule has 5 nitrogen and oxygen atoms in total. The average molecular weight is 504 g/mol. The van der Waals surface area contributed by atoms with Gasteiger partial charge in [-0.05, 0) is 85.8 Å².